The molecule has 0 saturated carbocycles. The van der Waals surface area contributed by atoms with E-state index in [1.54, 1.807) is 6.07 Å². The van der Waals surface area contributed by atoms with E-state index in [4.69, 9.17) is 17.3 Å². The number of hydrogen-bond acceptors (Lipinski definition) is 5. The molecule has 2 aromatic rings. The summed E-state index contributed by atoms with van der Waals surface area (Å²) in [5, 5.41) is 20.4. The lowest BCUT2D eigenvalue weighted by Gasteiger charge is -2.14. The normalized spacial score (nSPS) is 10.3. The van der Waals surface area contributed by atoms with Crippen LogP contribution in [0.25, 0.3) is 11.1 Å². The Bertz CT molecular complexity index is 811. The van der Waals surface area contributed by atoms with Crippen molar-refractivity contribution in [2.45, 2.75) is 20.3 Å². The molecule has 0 aliphatic heterocycles. The van der Waals surface area contributed by atoms with E-state index in [0.717, 1.165) is 11.3 Å². The van der Waals surface area contributed by atoms with Crippen LogP contribution >= 0.6 is 11.6 Å². The summed E-state index contributed by atoms with van der Waals surface area (Å²) in [6.07, 6.45) is 0.643. The third kappa shape index (κ3) is 2.59. The van der Waals surface area contributed by atoms with E-state index in [0.29, 0.717) is 17.5 Å². The molecule has 7 heteroatoms. The Kier molecular flexibility index (Phi) is 4.29. The van der Waals surface area contributed by atoms with Gasteiger partial charge in [-0.1, -0.05) is 24.6 Å². The number of nitro groups is 1. The highest BCUT2D eigenvalue weighted by Crippen LogP contribution is 2.36. The summed E-state index contributed by atoms with van der Waals surface area (Å²) in [5.41, 5.74) is 8.47. The molecule has 0 aliphatic rings. The van der Waals surface area contributed by atoms with E-state index >= 15 is 0 Å². The number of nitrogens with two attached hydrogens (primary N) is 1. The van der Waals surface area contributed by atoms with Crippen molar-refractivity contribution in [2.75, 3.05) is 5.73 Å². The van der Waals surface area contributed by atoms with Crippen LogP contribution in [-0.2, 0) is 6.42 Å². The van der Waals surface area contributed by atoms with Crippen LogP contribution in [0.5, 0.6) is 0 Å². The number of anilines is 1. The standard InChI is InChI=1S/C15H13ClN4O2/c1-3-12-8(2)14(10(7-17)15(18)19-12)9-4-5-11(16)13(6-9)20(21)22/h4-6H,3H2,1-2H3,(H2,18,19). The number of nitrogens with zero attached hydrogens (tertiary/aromatic N) is 3. The van der Waals surface area contributed by atoms with Crippen LogP contribution in [0.1, 0.15) is 23.7 Å². The lowest BCUT2D eigenvalue weighted by molar-refractivity contribution is -0.384. The Balaban J connectivity index is 2.83. The van der Waals surface area contributed by atoms with Crippen LogP contribution in [0.3, 0.4) is 0 Å². The van der Waals surface area contributed by atoms with Crippen LogP contribution < -0.4 is 5.73 Å². The SMILES string of the molecule is CCc1nc(N)c(C#N)c(-c2ccc(Cl)c([N+](=O)[O-])c2)c1C. The minimum absolute atomic E-state index is 0.0441. The highest BCUT2D eigenvalue weighted by Gasteiger charge is 2.20. The number of pyridine rings is 1. The minimum atomic E-state index is -0.557. The van der Waals surface area contributed by atoms with E-state index in [1.807, 2.05) is 19.9 Å². The number of hydrogen-bond donors (Lipinski definition) is 1. The summed E-state index contributed by atoms with van der Waals surface area (Å²) < 4.78 is 0. The molecule has 1 heterocycles. The third-order valence-electron chi connectivity index (χ3n) is 3.45. The number of aromatic nitrogens is 1. The van der Waals surface area contributed by atoms with Gasteiger partial charge in [-0.05, 0) is 30.5 Å². The quantitative estimate of drug-likeness (QED) is 0.687. The summed E-state index contributed by atoms with van der Waals surface area (Å²) in [7, 11) is 0. The number of aryl methyl sites for hydroxylation is 1. The van der Waals surface area contributed by atoms with Crippen LogP contribution in [0, 0.1) is 28.4 Å². The van der Waals surface area contributed by atoms with Crippen LogP contribution in [0.4, 0.5) is 11.5 Å². The Morgan fingerprint density at radius 1 is 1.50 bits per heavy atom. The average molecular weight is 317 g/mol. The zero-order valence-electron chi connectivity index (χ0n) is 12.1. The molecule has 1 aromatic heterocycles. The Labute approximate surface area is 132 Å². The molecule has 0 saturated heterocycles. The zero-order valence-corrected chi connectivity index (χ0v) is 12.8. The monoisotopic (exact) mass is 316 g/mol. The number of benzene rings is 1. The first-order chi connectivity index (χ1) is 10.4. The molecule has 0 radical (unpaired) electrons. The van der Waals surface area contributed by atoms with Crippen LogP contribution in [-0.4, -0.2) is 9.91 Å². The van der Waals surface area contributed by atoms with Gasteiger partial charge in [0.2, 0.25) is 0 Å². The fourth-order valence-electron chi connectivity index (χ4n) is 2.37. The first-order valence-electron chi connectivity index (χ1n) is 6.54. The Morgan fingerprint density at radius 2 is 2.18 bits per heavy atom. The molecule has 0 amide bonds. The van der Waals surface area contributed by atoms with Gasteiger partial charge in [-0.15, -0.1) is 0 Å². The summed E-state index contributed by atoms with van der Waals surface area (Å²) in [5.74, 6) is 0.123. The molecule has 0 aliphatic carbocycles. The third-order valence-corrected chi connectivity index (χ3v) is 3.77. The number of halogens is 1. The largest absolute Gasteiger partial charge is 0.383 e. The number of nitro benzene ring substituents is 1. The van der Waals surface area contributed by atoms with Gasteiger partial charge in [-0.2, -0.15) is 5.26 Å². The first-order valence-corrected chi connectivity index (χ1v) is 6.91. The molecule has 1 aromatic carbocycles. The molecule has 22 heavy (non-hydrogen) atoms. The van der Waals surface area contributed by atoms with Gasteiger partial charge in [0.05, 0.1) is 4.92 Å². The second kappa shape index (κ2) is 6.00. The van der Waals surface area contributed by atoms with Gasteiger partial charge in [0.25, 0.3) is 5.69 Å². The van der Waals surface area contributed by atoms with E-state index in [-0.39, 0.29) is 22.1 Å². The van der Waals surface area contributed by atoms with Crippen molar-refractivity contribution in [3.05, 3.63) is 50.2 Å². The molecular formula is C15H13ClN4O2. The Morgan fingerprint density at radius 3 is 2.73 bits per heavy atom. The van der Waals surface area contributed by atoms with Crippen molar-refractivity contribution in [3.8, 4) is 17.2 Å². The molecule has 0 spiro atoms. The van der Waals surface area contributed by atoms with Crippen molar-refractivity contribution < 1.29 is 4.92 Å². The fraction of sp³-hybridized carbons (Fsp3) is 0.200. The van der Waals surface area contributed by atoms with Gasteiger partial charge in [-0.3, -0.25) is 10.1 Å². The lowest BCUT2D eigenvalue weighted by atomic mass is 9.94. The van der Waals surface area contributed by atoms with Crippen molar-refractivity contribution in [2.24, 2.45) is 0 Å². The topological polar surface area (TPSA) is 106 Å². The van der Waals surface area contributed by atoms with Gasteiger partial charge < -0.3 is 5.73 Å². The van der Waals surface area contributed by atoms with Crippen molar-refractivity contribution in [1.29, 1.82) is 5.26 Å². The van der Waals surface area contributed by atoms with E-state index in [2.05, 4.69) is 4.98 Å². The van der Waals surface area contributed by atoms with Gasteiger partial charge in [0.15, 0.2) is 0 Å². The van der Waals surface area contributed by atoms with Crippen molar-refractivity contribution >= 4 is 23.1 Å². The maximum atomic E-state index is 11.1. The Hall–Kier alpha value is -2.65. The summed E-state index contributed by atoms with van der Waals surface area (Å²) in [6.45, 7) is 3.75. The molecule has 0 atom stereocenters. The van der Waals surface area contributed by atoms with Gasteiger partial charge in [-0.25, -0.2) is 4.98 Å². The molecule has 2 N–H and O–H groups in total. The van der Waals surface area contributed by atoms with Gasteiger partial charge in [0.1, 0.15) is 22.5 Å². The minimum Gasteiger partial charge on any atom is -0.383 e. The predicted octanol–water partition coefficient (Wildman–Crippen LogP) is 3.63. The van der Waals surface area contributed by atoms with Crippen molar-refractivity contribution in [3.63, 3.8) is 0 Å². The average Bonchev–Trinajstić information content (AvgIpc) is 2.49. The molecule has 0 bridgehead atoms. The fourth-order valence-corrected chi connectivity index (χ4v) is 2.56. The van der Waals surface area contributed by atoms with Crippen LogP contribution in [0.2, 0.25) is 5.02 Å². The second-order valence-electron chi connectivity index (χ2n) is 4.71. The second-order valence-corrected chi connectivity index (χ2v) is 5.11. The maximum absolute atomic E-state index is 11.1. The summed E-state index contributed by atoms with van der Waals surface area (Å²) in [4.78, 5) is 14.7. The van der Waals surface area contributed by atoms with Crippen LogP contribution in [0.15, 0.2) is 18.2 Å². The number of rotatable bonds is 3. The molecule has 6 nitrogen and oxygen atoms in total. The molecule has 0 fully saturated rings. The number of nitriles is 1. The molecule has 0 unspecified atom stereocenters. The number of nitrogen functional groups attached to an aromatic ring is 1. The summed E-state index contributed by atoms with van der Waals surface area (Å²) >= 11 is 5.84. The molecule has 2 rings (SSSR count). The zero-order chi connectivity index (χ0) is 16.4. The first kappa shape index (κ1) is 15.7. The van der Waals surface area contributed by atoms with Gasteiger partial charge >= 0.3 is 0 Å². The van der Waals surface area contributed by atoms with E-state index in [1.165, 1.54) is 12.1 Å². The van der Waals surface area contributed by atoms with E-state index in [9.17, 15) is 15.4 Å². The lowest BCUT2D eigenvalue weighted by Crippen LogP contribution is -2.05. The predicted molar refractivity (Wildman–Crippen MR) is 84.6 cm³/mol. The van der Waals surface area contributed by atoms with Gasteiger partial charge in [0, 0.05) is 17.3 Å². The molecular weight excluding hydrogens is 304 g/mol. The summed E-state index contributed by atoms with van der Waals surface area (Å²) in [6, 6.07) is 6.46. The maximum Gasteiger partial charge on any atom is 0.288 e. The molecule has 112 valence electrons. The highest BCUT2D eigenvalue weighted by molar-refractivity contribution is 6.32. The van der Waals surface area contributed by atoms with Crippen molar-refractivity contribution in [1.82, 2.24) is 4.98 Å². The smallest absolute Gasteiger partial charge is 0.288 e. The highest BCUT2D eigenvalue weighted by atomic mass is 35.5. The van der Waals surface area contributed by atoms with E-state index < -0.39 is 4.92 Å².